The molecule has 0 fully saturated rings. The molecule has 1 amide bonds. The Morgan fingerprint density at radius 3 is 2.36 bits per heavy atom. The Labute approximate surface area is 63.9 Å². The third-order valence-electron chi connectivity index (χ3n) is 1.13. The van der Waals surface area contributed by atoms with Crippen LogP contribution in [0.3, 0.4) is 0 Å². The Bertz CT molecular complexity index is 148. The zero-order valence-corrected chi connectivity index (χ0v) is 6.53. The number of halogens is 2. The Kier molecular flexibility index (Phi) is 3.38. The van der Waals surface area contributed by atoms with E-state index in [1.807, 2.05) is 0 Å². The molecule has 0 spiro atoms. The monoisotopic (exact) mass is 166 g/mol. The molecular formula is C6H12F2N2O. The third-order valence-corrected chi connectivity index (χ3v) is 1.13. The van der Waals surface area contributed by atoms with Crippen molar-refractivity contribution in [2.75, 3.05) is 0 Å². The summed E-state index contributed by atoms with van der Waals surface area (Å²) in [5.41, 5.74) is 1.42. The van der Waals surface area contributed by atoms with Crippen molar-refractivity contribution in [1.82, 2.24) is 5.43 Å². The van der Waals surface area contributed by atoms with Gasteiger partial charge in [0.1, 0.15) is 0 Å². The van der Waals surface area contributed by atoms with Crippen molar-refractivity contribution in [2.45, 2.75) is 26.2 Å². The molecule has 0 saturated carbocycles. The second kappa shape index (κ2) is 3.61. The first kappa shape index (κ1) is 10.3. The third kappa shape index (κ3) is 3.27. The Hall–Kier alpha value is -0.710. The number of rotatable bonds is 3. The van der Waals surface area contributed by atoms with Gasteiger partial charge in [0.25, 0.3) is 0 Å². The SMILES string of the molecule is CC(C)CC(F)(F)C(=O)NN. The minimum absolute atomic E-state index is 0.234. The first-order valence-corrected chi connectivity index (χ1v) is 3.29. The predicted octanol–water partition coefficient (Wildman–Crippen LogP) is 0.658. The second-order valence-corrected chi connectivity index (χ2v) is 2.78. The van der Waals surface area contributed by atoms with Crippen LogP contribution in [0.15, 0.2) is 0 Å². The van der Waals surface area contributed by atoms with E-state index >= 15 is 0 Å². The maximum Gasteiger partial charge on any atom is 0.326 e. The topological polar surface area (TPSA) is 55.1 Å². The van der Waals surface area contributed by atoms with Crippen molar-refractivity contribution in [3.63, 3.8) is 0 Å². The lowest BCUT2D eigenvalue weighted by Crippen LogP contribution is -2.44. The fourth-order valence-corrected chi connectivity index (χ4v) is 0.711. The lowest BCUT2D eigenvalue weighted by molar-refractivity contribution is -0.147. The molecule has 0 heterocycles. The fourth-order valence-electron chi connectivity index (χ4n) is 0.711. The van der Waals surface area contributed by atoms with E-state index in [0.29, 0.717) is 0 Å². The molecule has 3 N–H and O–H groups in total. The number of hydrogen-bond acceptors (Lipinski definition) is 2. The van der Waals surface area contributed by atoms with Crippen LogP contribution in [-0.2, 0) is 4.79 Å². The van der Waals surface area contributed by atoms with E-state index in [2.05, 4.69) is 5.84 Å². The largest absolute Gasteiger partial charge is 0.326 e. The average molecular weight is 166 g/mol. The van der Waals surface area contributed by atoms with E-state index in [9.17, 15) is 13.6 Å². The fraction of sp³-hybridized carbons (Fsp3) is 0.833. The Morgan fingerprint density at radius 2 is 2.09 bits per heavy atom. The number of carbonyl (C=O) groups is 1. The van der Waals surface area contributed by atoms with Gasteiger partial charge in [-0.05, 0) is 5.92 Å². The van der Waals surface area contributed by atoms with E-state index in [4.69, 9.17) is 0 Å². The van der Waals surface area contributed by atoms with Crippen LogP contribution < -0.4 is 11.3 Å². The van der Waals surface area contributed by atoms with Gasteiger partial charge in [-0.25, -0.2) is 5.84 Å². The van der Waals surface area contributed by atoms with Gasteiger partial charge in [-0.1, -0.05) is 13.8 Å². The minimum atomic E-state index is -3.34. The molecule has 11 heavy (non-hydrogen) atoms. The molecule has 0 bridgehead atoms. The second-order valence-electron chi connectivity index (χ2n) is 2.78. The lowest BCUT2D eigenvalue weighted by atomic mass is 10.1. The molecule has 0 unspecified atom stereocenters. The van der Waals surface area contributed by atoms with Crippen LogP contribution >= 0.6 is 0 Å². The summed E-state index contributed by atoms with van der Waals surface area (Å²) in [4.78, 5) is 10.4. The number of carbonyl (C=O) groups excluding carboxylic acids is 1. The first-order valence-electron chi connectivity index (χ1n) is 3.29. The van der Waals surface area contributed by atoms with Crippen LogP contribution in [0.2, 0.25) is 0 Å². The van der Waals surface area contributed by atoms with Gasteiger partial charge in [0, 0.05) is 6.42 Å². The normalized spacial score (nSPS) is 11.8. The van der Waals surface area contributed by atoms with Crippen molar-refractivity contribution in [3.8, 4) is 0 Å². The number of nitrogens with two attached hydrogens (primary N) is 1. The van der Waals surface area contributed by atoms with Gasteiger partial charge in [-0.2, -0.15) is 8.78 Å². The summed E-state index contributed by atoms with van der Waals surface area (Å²) < 4.78 is 25.2. The summed E-state index contributed by atoms with van der Waals surface area (Å²) in [6, 6.07) is 0. The van der Waals surface area contributed by atoms with Crippen LogP contribution in [0, 0.1) is 5.92 Å². The summed E-state index contributed by atoms with van der Waals surface area (Å²) >= 11 is 0. The average Bonchev–Trinajstić information content (AvgIpc) is 1.83. The Balaban J connectivity index is 4.09. The molecule has 0 aromatic heterocycles. The molecule has 0 aromatic rings. The van der Waals surface area contributed by atoms with Crippen molar-refractivity contribution >= 4 is 5.91 Å². The van der Waals surface area contributed by atoms with Crippen molar-refractivity contribution in [1.29, 1.82) is 0 Å². The highest BCUT2D eigenvalue weighted by Crippen LogP contribution is 2.22. The zero-order valence-electron chi connectivity index (χ0n) is 6.53. The molecule has 5 heteroatoms. The minimum Gasteiger partial charge on any atom is -0.289 e. The molecule has 0 aliphatic heterocycles. The van der Waals surface area contributed by atoms with E-state index in [-0.39, 0.29) is 5.92 Å². The number of nitrogens with one attached hydrogen (secondary N) is 1. The molecule has 0 aliphatic carbocycles. The molecule has 3 nitrogen and oxygen atoms in total. The number of alkyl halides is 2. The summed E-state index contributed by atoms with van der Waals surface area (Å²) in [5.74, 6) is -0.449. The van der Waals surface area contributed by atoms with Crippen LogP contribution in [-0.4, -0.2) is 11.8 Å². The standard InChI is InChI=1S/C6H12F2N2O/c1-4(2)3-6(7,8)5(11)10-9/h4H,3,9H2,1-2H3,(H,10,11). The molecule has 0 rings (SSSR count). The smallest absolute Gasteiger partial charge is 0.289 e. The first-order chi connectivity index (χ1) is 4.90. The van der Waals surface area contributed by atoms with Crippen molar-refractivity contribution in [3.05, 3.63) is 0 Å². The maximum absolute atomic E-state index is 12.6. The molecule has 0 saturated heterocycles. The highest BCUT2D eigenvalue weighted by atomic mass is 19.3. The van der Waals surface area contributed by atoms with Gasteiger partial charge >= 0.3 is 11.8 Å². The maximum atomic E-state index is 12.6. The summed E-state index contributed by atoms with van der Waals surface area (Å²) in [6.07, 6.45) is -0.476. The van der Waals surface area contributed by atoms with Crippen LogP contribution in [0.1, 0.15) is 20.3 Å². The number of hydrazine groups is 1. The van der Waals surface area contributed by atoms with Gasteiger partial charge in [0.2, 0.25) is 0 Å². The van der Waals surface area contributed by atoms with Gasteiger partial charge < -0.3 is 0 Å². The highest BCUT2D eigenvalue weighted by Gasteiger charge is 2.38. The van der Waals surface area contributed by atoms with E-state index in [1.165, 1.54) is 5.43 Å². The van der Waals surface area contributed by atoms with E-state index in [1.54, 1.807) is 13.8 Å². The van der Waals surface area contributed by atoms with Crippen LogP contribution in [0.25, 0.3) is 0 Å². The van der Waals surface area contributed by atoms with Gasteiger partial charge in [-0.15, -0.1) is 0 Å². The van der Waals surface area contributed by atoms with E-state index in [0.717, 1.165) is 0 Å². The highest BCUT2D eigenvalue weighted by molar-refractivity contribution is 5.82. The molecule has 0 aromatic carbocycles. The zero-order chi connectivity index (χ0) is 9.07. The van der Waals surface area contributed by atoms with Crippen LogP contribution in [0.5, 0.6) is 0 Å². The Morgan fingerprint density at radius 1 is 1.64 bits per heavy atom. The number of hydrogen-bond donors (Lipinski definition) is 2. The molecule has 0 radical (unpaired) electrons. The summed E-state index contributed by atoms with van der Waals surface area (Å²) in [7, 11) is 0. The predicted molar refractivity (Wildman–Crippen MR) is 36.7 cm³/mol. The quantitative estimate of drug-likeness (QED) is 0.367. The van der Waals surface area contributed by atoms with Crippen molar-refractivity contribution < 1.29 is 13.6 Å². The van der Waals surface area contributed by atoms with Crippen LogP contribution in [0.4, 0.5) is 8.78 Å². The van der Waals surface area contributed by atoms with Gasteiger partial charge in [0.15, 0.2) is 0 Å². The van der Waals surface area contributed by atoms with Crippen molar-refractivity contribution in [2.24, 2.45) is 11.8 Å². The molecule has 0 aliphatic rings. The molecule has 66 valence electrons. The summed E-state index contributed by atoms with van der Waals surface area (Å²) in [5, 5.41) is 0. The van der Waals surface area contributed by atoms with Gasteiger partial charge in [-0.3, -0.25) is 10.2 Å². The summed E-state index contributed by atoms with van der Waals surface area (Å²) in [6.45, 7) is 3.22. The lowest BCUT2D eigenvalue weighted by Gasteiger charge is -2.15. The van der Waals surface area contributed by atoms with Gasteiger partial charge in [0.05, 0.1) is 0 Å². The molecule has 0 atom stereocenters. The van der Waals surface area contributed by atoms with E-state index < -0.39 is 18.3 Å². The molecular weight excluding hydrogens is 154 g/mol. The number of amides is 1.